The minimum absolute atomic E-state index is 0.176. The number of nitriles is 1. The first-order valence-electron chi connectivity index (χ1n) is 5.99. The van der Waals surface area contributed by atoms with E-state index < -0.39 is 6.10 Å². The van der Waals surface area contributed by atoms with E-state index in [1.807, 2.05) is 36.4 Å². The van der Waals surface area contributed by atoms with Gasteiger partial charge < -0.3 is 5.11 Å². The number of hydrogen-bond donors (Lipinski definition) is 1. The molecular weight excluding hydrogens is 222 g/mol. The number of benzene rings is 2. The smallest absolute Gasteiger partial charge is 0.0710 e. The maximum atomic E-state index is 9.64. The molecular formula is C16H15NO. The highest BCUT2D eigenvalue weighted by molar-refractivity contribution is 5.63. The first-order chi connectivity index (χ1) is 8.79. The summed E-state index contributed by atoms with van der Waals surface area (Å²) in [6.07, 6.45) is 0.116. The Morgan fingerprint density at radius 1 is 1.00 bits per heavy atom. The maximum Gasteiger partial charge on any atom is 0.0710 e. The van der Waals surface area contributed by atoms with Gasteiger partial charge in [0.1, 0.15) is 0 Å². The molecule has 2 heteroatoms. The fourth-order valence-corrected chi connectivity index (χ4v) is 1.96. The van der Waals surface area contributed by atoms with Crippen molar-refractivity contribution in [3.8, 4) is 17.2 Å². The summed E-state index contributed by atoms with van der Waals surface area (Å²) in [5.74, 6) is 0. The van der Waals surface area contributed by atoms with Gasteiger partial charge in [0.05, 0.1) is 18.6 Å². The third-order valence-corrected chi connectivity index (χ3v) is 2.83. The number of nitrogens with zero attached hydrogens (tertiary/aromatic N) is 1. The molecule has 0 unspecified atom stereocenters. The molecule has 2 aromatic carbocycles. The SMILES string of the molecule is N#CC[C@H](O)Cc1cccc(-c2ccccc2)c1. The average Bonchev–Trinajstić information content (AvgIpc) is 2.40. The van der Waals surface area contributed by atoms with Crippen LogP contribution < -0.4 is 0 Å². The maximum absolute atomic E-state index is 9.64. The van der Waals surface area contributed by atoms with Crippen LogP contribution in [-0.2, 0) is 6.42 Å². The summed E-state index contributed by atoms with van der Waals surface area (Å²) in [6, 6.07) is 20.2. The molecule has 1 atom stereocenters. The normalized spacial score (nSPS) is 11.8. The van der Waals surface area contributed by atoms with Crippen molar-refractivity contribution in [3.05, 3.63) is 60.2 Å². The van der Waals surface area contributed by atoms with E-state index >= 15 is 0 Å². The molecule has 2 nitrogen and oxygen atoms in total. The molecule has 0 saturated heterocycles. The molecule has 0 radical (unpaired) electrons. The van der Waals surface area contributed by atoms with Gasteiger partial charge in [-0.25, -0.2) is 0 Å². The highest BCUT2D eigenvalue weighted by Crippen LogP contribution is 2.20. The van der Waals surface area contributed by atoms with E-state index in [0.29, 0.717) is 6.42 Å². The molecule has 0 spiro atoms. The van der Waals surface area contributed by atoms with Gasteiger partial charge in [0, 0.05) is 0 Å². The predicted molar refractivity (Wildman–Crippen MR) is 71.8 cm³/mol. The van der Waals surface area contributed by atoms with E-state index in [0.717, 1.165) is 16.7 Å². The third-order valence-electron chi connectivity index (χ3n) is 2.83. The Morgan fingerprint density at radius 3 is 2.44 bits per heavy atom. The van der Waals surface area contributed by atoms with Crippen LogP contribution in [0.5, 0.6) is 0 Å². The van der Waals surface area contributed by atoms with Crippen molar-refractivity contribution in [1.82, 2.24) is 0 Å². The van der Waals surface area contributed by atoms with E-state index in [1.54, 1.807) is 0 Å². The van der Waals surface area contributed by atoms with E-state index in [4.69, 9.17) is 5.26 Å². The minimum atomic E-state index is -0.582. The molecule has 0 fully saturated rings. The van der Waals surface area contributed by atoms with Gasteiger partial charge >= 0.3 is 0 Å². The summed E-state index contributed by atoms with van der Waals surface area (Å²) in [6.45, 7) is 0. The van der Waals surface area contributed by atoms with Gasteiger partial charge in [-0.2, -0.15) is 5.26 Å². The summed E-state index contributed by atoms with van der Waals surface area (Å²) >= 11 is 0. The lowest BCUT2D eigenvalue weighted by atomic mass is 10.00. The number of rotatable bonds is 4. The van der Waals surface area contributed by atoms with Crippen molar-refractivity contribution in [1.29, 1.82) is 5.26 Å². The Labute approximate surface area is 107 Å². The molecule has 0 aliphatic carbocycles. The van der Waals surface area contributed by atoms with Crippen LogP contribution in [0.15, 0.2) is 54.6 Å². The molecule has 0 heterocycles. The summed E-state index contributed by atoms with van der Waals surface area (Å²) in [4.78, 5) is 0. The van der Waals surface area contributed by atoms with Crippen LogP contribution in [0.3, 0.4) is 0 Å². The lowest BCUT2D eigenvalue weighted by Crippen LogP contribution is -2.08. The fourth-order valence-electron chi connectivity index (χ4n) is 1.96. The van der Waals surface area contributed by atoms with Crippen LogP contribution >= 0.6 is 0 Å². The summed E-state index contributed by atoms with van der Waals surface area (Å²) in [5, 5.41) is 18.2. The first kappa shape index (κ1) is 12.3. The molecule has 2 rings (SSSR count). The molecule has 0 saturated carbocycles. The van der Waals surface area contributed by atoms with Crippen LogP contribution in [0.1, 0.15) is 12.0 Å². The van der Waals surface area contributed by atoms with Gasteiger partial charge in [-0.3, -0.25) is 0 Å². The zero-order valence-electron chi connectivity index (χ0n) is 10.1. The lowest BCUT2D eigenvalue weighted by molar-refractivity contribution is 0.180. The Kier molecular flexibility index (Phi) is 4.11. The standard InChI is InChI=1S/C16H15NO/c17-10-9-16(18)12-13-5-4-8-15(11-13)14-6-2-1-3-7-14/h1-8,11,16,18H,9,12H2/t16-/m0/s1. The Balaban J connectivity index is 2.18. The fraction of sp³-hybridized carbons (Fsp3) is 0.188. The van der Waals surface area contributed by atoms with E-state index in [1.165, 1.54) is 0 Å². The molecule has 0 aliphatic heterocycles. The van der Waals surface area contributed by atoms with Gasteiger partial charge in [0.15, 0.2) is 0 Å². The molecule has 2 aromatic rings. The molecule has 0 bridgehead atoms. The van der Waals surface area contributed by atoms with E-state index in [-0.39, 0.29) is 6.42 Å². The third kappa shape index (κ3) is 3.19. The van der Waals surface area contributed by atoms with E-state index in [9.17, 15) is 5.11 Å². The number of aliphatic hydroxyl groups is 1. The minimum Gasteiger partial charge on any atom is -0.392 e. The largest absolute Gasteiger partial charge is 0.392 e. The molecule has 90 valence electrons. The average molecular weight is 237 g/mol. The summed E-state index contributed by atoms with van der Waals surface area (Å²) < 4.78 is 0. The topological polar surface area (TPSA) is 44.0 Å². The Bertz CT molecular complexity index is 543. The first-order valence-corrected chi connectivity index (χ1v) is 5.99. The molecule has 18 heavy (non-hydrogen) atoms. The second kappa shape index (κ2) is 6.00. The highest BCUT2D eigenvalue weighted by atomic mass is 16.3. The zero-order chi connectivity index (χ0) is 12.8. The quantitative estimate of drug-likeness (QED) is 0.887. The van der Waals surface area contributed by atoms with Gasteiger partial charge in [-0.1, -0.05) is 54.6 Å². The van der Waals surface area contributed by atoms with Crippen molar-refractivity contribution in [2.45, 2.75) is 18.9 Å². The second-order valence-electron chi connectivity index (χ2n) is 4.29. The number of hydrogen-bond acceptors (Lipinski definition) is 2. The zero-order valence-corrected chi connectivity index (χ0v) is 10.1. The Hall–Kier alpha value is -2.11. The van der Waals surface area contributed by atoms with Gasteiger partial charge in [-0.15, -0.1) is 0 Å². The molecule has 0 aliphatic rings. The summed E-state index contributed by atoms with van der Waals surface area (Å²) in [5.41, 5.74) is 3.35. The van der Waals surface area contributed by atoms with Crippen LogP contribution in [-0.4, -0.2) is 11.2 Å². The Morgan fingerprint density at radius 2 is 1.72 bits per heavy atom. The summed E-state index contributed by atoms with van der Waals surface area (Å²) in [7, 11) is 0. The number of aliphatic hydroxyl groups excluding tert-OH is 1. The van der Waals surface area contributed by atoms with Crippen LogP contribution in [0, 0.1) is 11.3 Å². The van der Waals surface area contributed by atoms with Crippen molar-refractivity contribution in [2.24, 2.45) is 0 Å². The van der Waals surface area contributed by atoms with Crippen LogP contribution in [0.4, 0.5) is 0 Å². The van der Waals surface area contributed by atoms with Crippen molar-refractivity contribution in [2.75, 3.05) is 0 Å². The predicted octanol–water partition coefficient (Wildman–Crippen LogP) is 3.17. The van der Waals surface area contributed by atoms with Crippen LogP contribution in [0.25, 0.3) is 11.1 Å². The molecule has 1 N–H and O–H groups in total. The van der Waals surface area contributed by atoms with Crippen LogP contribution in [0.2, 0.25) is 0 Å². The lowest BCUT2D eigenvalue weighted by Gasteiger charge is -2.08. The van der Waals surface area contributed by atoms with Gasteiger partial charge in [0.2, 0.25) is 0 Å². The molecule has 0 amide bonds. The van der Waals surface area contributed by atoms with Crippen molar-refractivity contribution in [3.63, 3.8) is 0 Å². The highest BCUT2D eigenvalue weighted by Gasteiger charge is 2.05. The molecule has 0 aromatic heterocycles. The monoisotopic (exact) mass is 237 g/mol. The van der Waals surface area contributed by atoms with E-state index in [2.05, 4.69) is 24.3 Å². The second-order valence-corrected chi connectivity index (χ2v) is 4.29. The van der Waals surface area contributed by atoms with Gasteiger partial charge in [-0.05, 0) is 23.1 Å². The van der Waals surface area contributed by atoms with Crippen molar-refractivity contribution < 1.29 is 5.11 Å². The van der Waals surface area contributed by atoms with Crippen molar-refractivity contribution >= 4 is 0 Å². The van der Waals surface area contributed by atoms with Gasteiger partial charge in [0.25, 0.3) is 0 Å².